The van der Waals surface area contributed by atoms with Gasteiger partial charge in [-0.05, 0) is 36.6 Å². The highest BCUT2D eigenvalue weighted by atomic mass is 19.1. The quantitative estimate of drug-likeness (QED) is 0.589. The summed E-state index contributed by atoms with van der Waals surface area (Å²) in [5, 5.41) is 0. The maximum absolute atomic E-state index is 13.3. The highest BCUT2D eigenvalue weighted by molar-refractivity contribution is 5.81. The molecule has 24 heavy (non-hydrogen) atoms. The smallest absolute Gasteiger partial charge is 0.123 e. The summed E-state index contributed by atoms with van der Waals surface area (Å²) in [6.45, 7) is 4.07. The Hall–Kier alpha value is -2.92. The van der Waals surface area contributed by atoms with E-state index >= 15 is 0 Å². The van der Waals surface area contributed by atoms with E-state index < -0.39 is 0 Å². The molecule has 0 saturated heterocycles. The molecule has 118 valence electrons. The average molecular weight is 315 g/mol. The second kappa shape index (κ2) is 6.68. The van der Waals surface area contributed by atoms with Crippen molar-refractivity contribution in [3.63, 3.8) is 0 Å². The molecule has 0 fully saturated rings. The topological polar surface area (TPSA) is 12.9 Å². The standard InChI is InChI=1S/C22H18FN/c1-4-19-20(5-2)24-22(17-9-7-6-8-10-17)15(3)21(19)16-11-13-18(23)14-12-16/h1,6-14H,5H2,2-3H3. The summed E-state index contributed by atoms with van der Waals surface area (Å²) in [4.78, 5) is 4.82. The van der Waals surface area contributed by atoms with Crippen LogP contribution in [0.15, 0.2) is 54.6 Å². The fourth-order valence-electron chi connectivity index (χ4n) is 2.99. The maximum atomic E-state index is 13.3. The van der Waals surface area contributed by atoms with Gasteiger partial charge in [0.25, 0.3) is 0 Å². The molecule has 0 bridgehead atoms. The lowest BCUT2D eigenvalue weighted by Crippen LogP contribution is -2.03. The Morgan fingerprint density at radius 3 is 2.25 bits per heavy atom. The molecule has 2 heteroatoms. The molecule has 0 unspecified atom stereocenters. The predicted molar refractivity (Wildman–Crippen MR) is 97.1 cm³/mol. The summed E-state index contributed by atoms with van der Waals surface area (Å²) in [6, 6.07) is 16.5. The minimum absolute atomic E-state index is 0.258. The van der Waals surface area contributed by atoms with Gasteiger partial charge in [-0.15, -0.1) is 6.42 Å². The van der Waals surface area contributed by atoms with E-state index in [1.54, 1.807) is 12.1 Å². The highest BCUT2D eigenvalue weighted by Gasteiger charge is 2.17. The first-order valence-corrected chi connectivity index (χ1v) is 7.97. The Balaban J connectivity index is 2.34. The number of pyridine rings is 1. The zero-order chi connectivity index (χ0) is 17.1. The Labute approximate surface area is 142 Å². The van der Waals surface area contributed by atoms with E-state index in [9.17, 15) is 4.39 Å². The third-order valence-electron chi connectivity index (χ3n) is 4.17. The van der Waals surface area contributed by atoms with Gasteiger partial charge in [-0.1, -0.05) is 55.3 Å². The fraction of sp³-hybridized carbons (Fsp3) is 0.136. The Kier molecular flexibility index (Phi) is 4.44. The molecule has 0 aliphatic carbocycles. The molecular weight excluding hydrogens is 297 g/mol. The first-order chi connectivity index (χ1) is 11.7. The van der Waals surface area contributed by atoms with E-state index in [2.05, 4.69) is 5.92 Å². The van der Waals surface area contributed by atoms with Crippen LogP contribution < -0.4 is 0 Å². The van der Waals surface area contributed by atoms with Crippen LogP contribution >= 0.6 is 0 Å². The lowest BCUT2D eigenvalue weighted by Gasteiger charge is -2.17. The van der Waals surface area contributed by atoms with Gasteiger partial charge in [-0.25, -0.2) is 4.39 Å². The summed E-state index contributed by atoms with van der Waals surface area (Å²) >= 11 is 0. The number of nitrogens with zero attached hydrogens (tertiary/aromatic N) is 1. The first kappa shape index (κ1) is 16.0. The summed E-state index contributed by atoms with van der Waals surface area (Å²) in [7, 11) is 0. The molecule has 0 N–H and O–H groups in total. The average Bonchev–Trinajstić information content (AvgIpc) is 2.63. The summed E-state index contributed by atoms with van der Waals surface area (Å²) in [5.74, 6) is 2.53. The monoisotopic (exact) mass is 315 g/mol. The number of aromatic nitrogens is 1. The molecule has 3 aromatic rings. The third kappa shape index (κ3) is 2.81. The largest absolute Gasteiger partial charge is 0.251 e. The lowest BCUT2D eigenvalue weighted by molar-refractivity contribution is 0.628. The van der Waals surface area contributed by atoms with Gasteiger partial charge in [-0.2, -0.15) is 0 Å². The number of hydrogen-bond donors (Lipinski definition) is 0. The van der Waals surface area contributed by atoms with Crippen molar-refractivity contribution in [1.29, 1.82) is 0 Å². The normalized spacial score (nSPS) is 10.4. The number of terminal acetylenes is 1. The number of aryl methyl sites for hydroxylation is 1. The zero-order valence-electron chi connectivity index (χ0n) is 13.8. The van der Waals surface area contributed by atoms with Gasteiger partial charge in [0.15, 0.2) is 0 Å². The van der Waals surface area contributed by atoms with Crippen LogP contribution in [0.4, 0.5) is 4.39 Å². The first-order valence-electron chi connectivity index (χ1n) is 7.97. The minimum atomic E-state index is -0.258. The molecule has 1 heterocycles. The number of rotatable bonds is 3. The SMILES string of the molecule is C#Cc1c(CC)nc(-c2ccccc2)c(C)c1-c1ccc(F)cc1. The van der Waals surface area contributed by atoms with Gasteiger partial charge in [0, 0.05) is 11.1 Å². The predicted octanol–water partition coefficient (Wildman–Crippen LogP) is 5.41. The van der Waals surface area contributed by atoms with Gasteiger partial charge in [0.2, 0.25) is 0 Å². The van der Waals surface area contributed by atoms with Crippen molar-refractivity contribution >= 4 is 0 Å². The molecule has 1 nitrogen and oxygen atoms in total. The van der Waals surface area contributed by atoms with E-state index in [4.69, 9.17) is 11.4 Å². The summed E-state index contributed by atoms with van der Waals surface area (Å²) in [5.41, 5.74) is 6.54. The van der Waals surface area contributed by atoms with Crippen LogP contribution in [0.3, 0.4) is 0 Å². The third-order valence-corrected chi connectivity index (χ3v) is 4.17. The van der Waals surface area contributed by atoms with Crippen LogP contribution in [0.2, 0.25) is 0 Å². The Bertz CT molecular complexity index is 903. The van der Waals surface area contributed by atoms with Gasteiger partial charge in [0.05, 0.1) is 17.0 Å². The minimum Gasteiger partial charge on any atom is -0.251 e. The molecule has 0 radical (unpaired) electrons. The highest BCUT2D eigenvalue weighted by Crippen LogP contribution is 2.35. The van der Waals surface area contributed by atoms with Crippen molar-refractivity contribution in [2.45, 2.75) is 20.3 Å². The number of benzene rings is 2. The van der Waals surface area contributed by atoms with Crippen molar-refractivity contribution < 1.29 is 4.39 Å². The van der Waals surface area contributed by atoms with Gasteiger partial charge in [-0.3, -0.25) is 4.98 Å². The van der Waals surface area contributed by atoms with Crippen molar-refractivity contribution in [2.75, 3.05) is 0 Å². The van der Waals surface area contributed by atoms with E-state index in [0.717, 1.165) is 45.6 Å². The molecule has 3 rings (SSSR count). The van der Waals surface area contributed by atoms with E-state index in [-0.39, 0.29) is 5.82 Å². The second-order valence-electron chi connectivity index (χ2n) is 5.65. The fourth-order valence-corrected chi connectivity index (χ4v) is 2.99. The van der Waals surface area contributed by atoms with Crippen molar-refractivity contribution in [3.05, 3.63) is 77.2 Å². The summed E-state index contributed by atoms with van der Waals surface area (Å²) in [6.07, 6.45) is 6.53. The van der Waals surface area contributed by atoms with E-state index in [1.165, 1.54) is 12.1 Å². The second-order valence-corrected chi connectivity index (χ2v) is 5.65. The molecule has 2 aromatic carbocycles. The zero-order valence-corrected chi connectivity index (χ0v) is 13.8. The number of halogens is 1. The Morgan fingerprint density at radius 2 is 1.67 bits per heavy atom. The number of hydrogen-bond acceptors (Lipinski definition) is 1. The molecule has 1 aromatic heterocycles. The van der Waals surface area contributed by atoms with Crippen LogP contribution in [0.1, 0.15) is 23.7 Å². The molecule has 0 saturated carbocycles. The molecule has 0 aliphatic heterocycles. The molecular formula is C22H18FN. The van der Waals surface area contributed by atoms with Crippen LogP contribution in [0.25, 0.3) is 22.4 Å². The van der Waals surface area contributed by atoms with Crippen LogP contribution in [0.5, 0.6) is 0 Å². The van der Waals surface area contributed by atoms with Crippen molar-refractivity contribution in [1.82, 2.24) is 4.98 Å². The lowest BCUT2D eigenvalue weighted by atomic mass is 9.91. The van der Waals surface area contributed by atoms with Crippen LogP contribution in [-0.2, 0) is 6.42 Å². The molecule has 0 aliphatic rings. The van der Waals surface area contributed by atoms with Crippen molar-refractivity contribution in [2.24, 2.45) is 0 Å². The summed E-state index contributed by atoms with van der Waals surface area (Å²) < 4.78 is 13.3. The maximum Gasteiger partial charge on any atom is 0.123 e. The van der Waals surface area contributed by atoms with Gasteiger partial charge >= 0.3 is 0 Å². The molecule has 0 amide bonds. The van der Waals surface area contributed by atoms with Gasteiger partial charge < -0.3 is 0 Å². The van der Waals surface area contributed by atoms with E-state index in [1.807, 2.05) is 44.2 Å². The van der Waals surface area contributed by atoms with Crippen LogP contribution in [0, 0.1) is 25.1 Å². The van der Waals surface area contributed by atoms with Crippen LogP contribution in [-0.4, -0.2) is 4.98 Å². The van der Waals surface area contributed by atoms with Gasteiger partial charge in [0.1, 0.15) is 5.82 Å². The molecule has 0 spiro atoms. The molecule has 0 atom stereocenters. The van der Waals surface area contributed by atoms with E-state index in [0.29, 0.717) is 0 Å². The van der Waals surface area contributed by atoms with Crippen molar-refractivity contribution in [3.8, 4) is 34.7 Å². The Morgan fingerprint density at radius 1 is 1.00 bits per heavy atom.